The molecule has 144 valence electrons. The predicted molar refractivity (Wildman–Crippen MR) is 113 cm³/mol. The van der Waals surface area contributed by atoms with Crippen LogP contribution in [-0.2, 0) is 0 Å². The zero-order valence-electron chi connectivity index (χ0n) is 16.1. The second kappa shape index (κ2) is 8.99. The molecule has 0 bridgehead atoms. The zero-order chi connectivity index (χ0) is 19.2. The predicted octanol–water partition coefficient (Wildman–Crippen LogP) is 3.77. The minimum atomic E-state index is 0.0832. The molecule has 7 heteroatoms. The van der Waals surface area contributed by atoms with Crippen molar-refractivity contribution in [1.82, 2.24) is 15.3 Å². The third kappa shape index (κ3) is 5.29. The van der Waals surface area contributed by atoms with Crippen LogP contribution in [0.2, 0.25) is 0 Å². The van der Waals surface area contributed by atoms with E-state index in [-0.39, 0.29) is 6.04 Å². The maximum absolute atomic E-state index is 5.45. The van der Waals surface area contributed by atoms with Gasteiger partial charge in [0.1, 0.15) is 5.82 Å². The van der Waals surface area contributed by atoms with Gasteiger partial charge in [0, 0.05) is 19.2 Å². The number of methoxy groups -OCH3 is 1. The molecule has 0 amide bonds. The highest BCUT2D eigenvalue weighted by Gasteiger charge is 2.19. The monoisotopic (exact) mass is 385 g/mol. The number of thiocarbonyl (C=S) groups is 1. The maximum atomic E-state index is 5.45. The lowest BCUT2D eigenvalue weighted by molar-refractivity contribution is 0.396. The van der Waals surface area contributed by atoms with Crippen molar-refractivity contribution in [3.05, 3.63) is 42.0 Å². The first kappa shape index (κ1) is 19.4. The van der Waals surface area contributed by atoms with Gasteiger partial charge in [-0.1, -0.05) is 37.3 Å². The molecule has 1 atom stereocenters. The van der Waals surface area contributed by atoms with Gasteiger partial charge in [0.15, 0.2) is 5.11 Å². The van der Waals surface area contributed by atoms with Gasteiger partial charge in [0.05, 0.1) is 13.2 Å². The molecule has 0 spiro atoms. The quantitative estimate of drug-likeness (QED) is 0.760. The third-order valence-electron chi connectivity index (χ3n) is 4.88. The number of anilines is 2. The Morgan fingerprint density at radius 3 is 2.59 bits per heavy atom. The number of nitrogens with zero attached hydrogens (tertiary/aromatic N) is 3. The standard InChI is InChI=1S/C20H27N5OS/c1-14-9-11-25(12-10-14)17-13-18(26-3)23-19(22-17)24-20(27)21-15(2)16-7-5-4-6-8-16/h4-8,13-15H,9-12H2,1-3H3,(H2,21,22,23,24,27)/t15-/m1/s1. The van der Waals surface area contributed by atoms with Crippen molar-refractivity contribution in [2.24, 2.45) is 5.92 Å². The number of ether oxygens (including phenoxy) is 1. The average Bonchev–Trinajstić information content (AvgIpc) is 2.68. The summed E-state index contributed by atoms with van der Waals surface area (Å²) in [4.78, 5) is 11.3. The van der Waals surface area contributed by atoms with Crippen LogP contribution in [0.4, 0.5) is 11.8 Å². The van der Waals surface area contributed by atoms with Crippen molar-refractivity contribution < 1.29 is 4.74 Å². The molecule has 1 aliphatic rings. The van der Waals surface area contributed by atoms with Gasteiger partial charge in [0.2, 0.25) is 11.8 Å². The largest absolute Gasteiger partial charge is 0.481 e. The van der Waals surface area contributed by atoms with Crippen molar-refractivity contribution in [2.75, 3.05) is 30.4 Å². The summed E-state index contributed by atoms with van der Waals surface area (Å²) in [5.74, 6) is 2.61. The van der Waals surface area contributed by atoms with Gasteiger partial charge in [0.25, 0.3) is 0 Å². The van der Waals surface area contributed by atoms with E-state index in [0.717, 1.165) is 30.4 Å². The molecule has 2 N–H and O–H groups in total. The van der Waals surface area contributed by atoms with Crippen molar-refractivity contribution in [3.63, 3.8) is 0 Å². The van der Waals surface area contributed by atoms with Crippen molar-refractivity contribution in [3.8, 4) is 5.88 Å². The molecular weight excluding hydrogens is 358 g/mol. The second-order valence-electron chi connectivity index (χ2n) is 6.99. The molecule has 2 heterocycles. The molecule has 0 unspecified atom stereocenters. The molecule has 6 nitrogen and oxygen atoms in total. The van der Waals surface area contributed by atoms with Crippen molar-refractivity contribution >= 4 is 29.1 Å². The van der Waals surface area contributed by atoms with E-state index in [1.807, 2.05) is 24.3 Å². The van der Waals surface area contributed by atoms with Crippen molar-refractivity contribution in [1.29, 1.82) is 0 Å². The highest BCUT2D eigenvalue weighted by molar-refractivity contribution is 7.80. The molecule has 1 fully saturated rings. The van der Waals surface area contributed by atoms with E-state index in [1.54, 1.807) is 7.11 Å². The average molecular weight is 386 g/mol. The Labute approximate surface area is 166 Å². The normalized spacial score (nSPS) is 15.9. The van der Waals surface area contributed by atoms with E-state index in [2.05, 4.69) is 51.5 Å². The van der Waals surface area contributed by atoms with E-state index < -0.39 is 0 Å². The Bertz CT molecular complexity index is 762. The van der Waals surface area contributed by atoms with Gasteiger partial charge in [-0.15, -0.1) is 0 Å². The van der Waals surface area contributed by atoms with Crippen LogP contribution in [0, 0.1) is 5.92 Å². The van der Waals surface area contributed by atoms with Crippen LogP contribution in [0.1, 0.15) is 38.3 Å². The Kier molecular flexibility index (Phi) is 6.45. The van der Waals surface area contributed by atoms with E-state index >= 15 is 0 Å². The van der Waals surface area contributed by atoms with E-state index in [9.17, 15) is 0 Å². The molecule has 1 aromatic carbocycles. The van der Waals surface area contributed by atoms with Gasteiger partial charge in [-0.25, -0.2) is 0 Å². The van der Waals surface area contributed by atoms with Gasteiger partial charge >= 0.3 is 0 Å². The topological polar surface area (TPSA) is 62.3 Å². The smallest absolute Gasteiger partial charge is 0.234 e. The zero-order valence-corrected chi connectivity index (χ0v) is 16.9. The summed E-state index contributed by atoms with van der Waals surface area (Å²) in [5, 5.41) is 6.85. The fourth-order valence-corrected chi connectivity index (χ4v) is 3.40. The van der Waals surface area contributed by atoms with Gasteiger partial charge in [-0.05, 0) is 43.5 Å². The highest BCUT2D eigenvalue weighted by atomic mass is 32.1. The van der Waals surface area contributed by atoms with Crippen LogP contribution in [0.25, 0.3) is 0 Å². The number of rotatable bonds is 5. The SMILES string of the molecule is COc1cc(N2CCC(C)CC2)nc(NC(=S)N[C@H](C)c2ccccc2)n1. The Balaban J connectivity index is 1.68. The highest BCUT2D eigenvalue weighted by Crippen LogP contribution is 2.25. The summed E-state index contributed by atoms with van der Waals surface area (Å²) >= 11 is 5.45. The minimum Gasteiger partial charge on any atom is -0.481 e. The fraction of sp³-hybridized carbons (Fsp3) is 0.450. The molecule has 1 aromatic heterocycles. The van der Waals surface area contributed by atoms with E-state index in [4.69, 9.17) is 17.0 Å². The van der Waals surface area contributed by atoms with E-state index in [0.29, 0.717) is 16.9 Å². The third-order valence-corrected chi connectivity index (χ3v) is 5.10. The van der Waals surface area contributed by atoms with Crippen LogP contribution in [0.15, 0.2) is 36.4 Å². The molecule has 0 radical (unpaired) electrons. The maximum Gasteiger partial charge on any atom is 0.234 e. The van der Waals surface area contributed by atoms with E-state index in [1.165, 1.54) is 12.8 Å². The second-order valence-corrected chi connectivity index (χ2v) is 7.40. The molecule has 0 saturated carbocycles. The molecule has 1 aliphatic heterocycles. The molecule has 1 saturated heterocycles. The van der Waals surface area contributed by atoms with Crippen LogP contribution in [-0.4, -0.2) is 35.3 Å². The number of nitrogens with one attached hydrogen (secondary N) is 2. The number of piperidine rings is 1. The molecule has 2 aromatic rings. The van der Waals surface area contributed by atoms with Gasteiger partial charge in [-0.3, -0.25) is 0 Å². The first-order valence-electron chi connectivity index (χ1n) is 9.35. The molecule has 0 aliphatic carbocycles. The molecule has 3 rings (SSSR count). The Morgan fingerprint density at radius 1 is 1.22 bits per heavy atom. The summed E-state index contributed by atoms with van der Waals surface area (Å²) in [5.41, 5.74) is 1.16. The fourth-order valence-electron chi connectivity index (χ4n) is 3.13. The lowest BCUT2D eigenvalue weighted by atomic mass is 9.99. The minimum absolute atomic E-state index is 0.0832. The van der Waals surface area contributed by atoms with Gasteiger partial charge < -0.3 is 20.3 Å². The molecule has 27 heavy (non-hydrogen) atoms. The summed E-state index contributed by atoms with van der Waals surface area (Å²) in [6.45, 7) is 6.35. The lowest BCUT2D eigenvalue weighted by Crippen LogP contribution is -2.34. The Hall–Kier alpha value is -2.41. The summed E-state index contributed by atoms with van der Waals surface area (Å²) < 4.78 is 5.36. The number of hydrogen-bond acceptors (Lipinski definition) is 5. The van der Waals surface area contributed by atoms with Crippen molar-refractivity contribution in [2.45, 2.75) is 32.7 Å². The van der Waals surface area contributed by atoms with Gasteiger partial charge in [-0.2, -0.15) is 9.97 Å². The summed E-state index contributed by atoms with van der Waals surface area (Å²) in [6.07, 6.45) is 2.34. The Morgan fingerprint density at radius 2 is 1.93 bits per heavy atom. The first-order valence-corrected chi connectivity index (χ1v) is 9.76. The van der Waals surface area contributed by atoms with Crippen LogP contribution in [0.5, 0.6) is 5.88 Å². The summed E-state index contributed by atoms with van der Waals surface area (Å²) in [6, 6.07) is 12.1. The number of aromatic nitrogens is 2. The lowest BCUT2D eigenvalue weighted by Gasteiger charge is -2.31. The first-order chi connectivity index (χ1) is 13.0. The molecular formula is C20H27N5OS. The number of benzene rings is 1. The van der Waals surface area contributed by atoms with Crippen LogP contribution >= 0.6 is 12.2 Å². The van der Waals surface area contributed by atoms with Crippen LogP contribution < -0.4 is 20.3 Å². The van der Waals surface area contributed by atoms with Crippen LogP contribution in [0.3, 0.4) is 0 Å². The number of hydrogen-bond donors (Lipinski definition) is 2. The summed E-state index contributed by atoms with van der Waals surface area (Å²) in [7, 11) is 1.61.